The Balaban J connectivity index is 1.86. The lowest BCUT2D eigenvalue weighted by molar-refractivity contribution is -0.132. The van der Waals surface area contributed by atoms with Gasteiger partial charge in [-0.1, -0.05) is 12.8 Å². The highest BCUT2D eigenvalue weighted by Crippen LogP contribution is 2.19. The molecular formula is C14H27N3O2. The summed E-state index contributed by atoms with van der Waals surface area (Å²) in [6.07, 6.45) is 4.92. The number of carbonyl (C=O) groups is 1. The van der Waals surface area contributed by atoms with Gasteiger partial charge in [-0.15, -0.1) is 0 Å². The standard InChI is InChI=1S/C14H27N3O2/c1-10-8-17(9-13(7-15)19-10)11(2)14(18)16-12-5-3-4-6-12/h10-13H,3-9,15H2,1-2H3,(H,16,18). The van der Waals surface area contributed by atoms with Crippen molar-refractivity contribution in [2.75, 3.05) is 19.6 Å². The fraction of sp³-hybridized carbons (Fsp3) is 0.929. The van der Waals surface area contributed by atoms with Crippen molar-refractivity contribution in [3.63, 3.8) is 0 Å². The maximum Gasteiger partial charge on any atom is 0.237 e. The largest absolute Gasteiger partial charge is 0.371 e. The predicted molar refractivity (Wildman–Crippen MR) is 74.8 cm³/mol. The van der Waals surface area contributed by atoms with Gasteiger partial charge in [0, 0.05) is 25.7 Å². The minimum absolute atomic E-state index is 0.0467. The molecule has 0 spiro atoms. The molecule has 3 unspecified atom stereocenters. The Hall–Kier alpha value is -0.650. The van der Waals surface area contributed by atoms with Crippen LogP contribution >= 0.6 is 0 Å². The maximum absolute atomic E-state index is 12.3. The second-order valence-electron chi connectivity index (χ2n) is 5.92. The number of amides is 1. The first-order chi connectivity index (χ1) is 9.10. The smallest absolute Gasteiger partial charge is 0.237 e. The maximum atomic E-state index is 12.3. The van der Waals surface area contributed by atoms with Crippen molar-refractivity contribution >= 4 is 5.91 Å². The number of nitrogens with two attached hydrogens (primary N) is 1. The van der Waals surface area contributed by atoms with Gasteiger partial charge in [0.05, 0.1) is 18.2 Å². The number of hydrogen-bond acceptors (Lipinski definition) is 4. The summed E-state index contributed by atoms with van der Waals surface area (Å²) in [7, 11) is 0. The summed E-state index contributed by atoms with van der Waals surface area (Å²) in [5.41, 5.74) is 5.68. The summed E-state index contributed by atoms with van der Waals surface area (Å²) in [6.45, 7) is 6.08. The lowest BCUT2D eigenvalue weighted by Crippen LogP contribution is -2.56. The zero-order valence-corrected chi connectivity index (χ0v) is 12.1. The highest BCUT2D eigenvalue weighted by Gasteiger charge is 2.31. The molecule has 3 N–H and O–H groups in total. The first-order valence-electron chi connectivity index (χ1n) is 7.50. The Morgan fingerprint density at radius 2 is 2.11 bits per heavy atom. The van der Waals surface area contributed by atoms with Gasteiger partial charge >= 0.3 is 0 Å². The number of hydrogen-bond donors (Lipinski definition) is 2. The van der Waals surface area contributed by atoms with Gasteiger partial charge in [-0.05, 0) is 26.7 Å². The summed E-state index contributed by atoms with van der Waals surface area (Å²) in [6, 6.07) is 0.291. The van der Waals surface area contributed by atoms with Gasteiger partial charge in [-0.25, -0.2) is 0 Å². The Bertz CT molecular complexity index is 305. The average molecular weight is 269 g/mol. The van der Waals surface area contributed by atoms with Crippen LogP contribution < -0.4 is 11.1 Å². The van der Waals surface area contributed by atoms with Crippen LogP contribution in [0.5, 0.6) is 0 Å². The molecule has 5 heteroatoms. The summed E-state index contributed by atoms with van der Waals surface area (Å²) < 4.78 is 5.73. The van der Waals surface area contributed by atoms with Gasteiger partial charge < -0.3 is 15.8 Å². The summed E-state index contributed by atoms with van der Waals surface area (Å²) >= 11 is 0. The minimum atomic E-state index is -0.0963. The van der Waals surface area contributed by atoms with Crippen molar-refractivity contribution < 1.29 is 9.53 Å². The summed E-state index contributed by atoms with van der Waals surface area (Å²) in [5.74, 6) is 0.150. The van der Waals surface area contributed by atoms with Crippen molar-refractivity contribution in [2.24, 2.45) is 5.73 Å². The van der Waals surface area contributed by atoms with Crippen molar-refractivity contribution in [3.8, 4) is 0 Å². The van der Waals surface area contributed by atoms with E-state index in [1.807, 2.05) is 13.8 Å². The Kier molecular flexibility index (Phi) is 5.19. The number of nitrogens with one attached hydrogen (secondary N) is 1. The second kappa shape index (κ2) is 6.68. The molecule has 0 aromatic heterocycles. The molecule has 5 nitrogen and oxygen atoms in total. The molecule has 110 valence electrons. The molecule has 0 aromatic rings. The van der Waals surface area contributed by atoms with Gasteiger partial charge in [0.2, 0.25) is 5.91 Å². The van der Waals surface area contributed by atoms with Gasteiger partial charge in [-0.2, -0.15) is 0 Å². The van der Waals surface area contributed by atoms with E-state index >= 15 is 0 Å². The third kappa shape index (κ3) is 3.91. The van der Waals surface area contributed by atoms with E-state index < -0.39 is 0 Å². The Morgan fingerprint density at radius 3 is 2.74 bits per heavy atom. The SMILES string of the molecule is CC1CN(C(C)C(=O)NC2CCCC2)CC(CN)O1. The lowest BCUT2D eigenvalue weighted by Gasteiger charge is -2.39. The van der Waals surface area contributed by atoms with Gasteiger partial charge in [0.15, 0.2) is 0 Å². The number of ether oxygens (including phenoxy) is 1. The van der Waals surface area contributed by atoms with Crippen molar-refractivity contribution in [1.29, 1.82) is 0 Å². The predicted octanol–water partition coefficient (Wildman–Crippen LogP) is 0.482. The molecule has 0 aromatic carbocycles. The molecule has 1 saturated carbocycles. The lowest BCUT2D eigenvalue weighted by atomic mass is 10.1. The highest BCUT2D eigenvalue weighted by atomic mass is 16.5. The van der Waals surface area contributed by atoms with Crippen LogP contribution in [0.15, 0.2) is 0 Å². The first kappa shape index (κ1) is 14.8. The first-order valence-corrected chi connectivity index (χ1v) is 7.50. The Morgan fingerprint density at radius 1 is 1.42 bits per heavy atom. The van der Waals surface area contributed by atoms with Crippen LogP contribution in [0.4, 0.5) is 0 Å². The van der Waals surface area contributed by atoms with E-state index in [2.05, 4.69) is 10.2 Å². The quantitative estimate of drug-likeness (QED) is 0.779. The van der Waals surface area contributed by atoms with Crippen LogP contribution in [-0.4, -0.2) is 54.7 Å². The molecule has 1 saturated heterocycles. The van der Waals surface area contributed by atoms with Crippen LogP contribution in [0, 0.1) is 0 Å². The molecule has 0 bridgehead atoms. The van der Waals surface area contributed by atoms with E-state index in [-0.39, 0.29) is 24.2 Å². The molecule has 3 atom stereocenters. The molecule has 2 fully saturated rings. The van der Waals surface area contributed by atoms with E-state index in [4.69, 9.17) is 10.5 Å². The molecular weight excluding hydrogens is 242 g/mol. The molecule has 0 radical (unpaired) electrons. The van der Waals surface area contributed by atoms with Crippen molar-refractivity contribution in [3.05, 3.63) is 0 Å². The molecule has 2 rings (SSSR count). The summed E-state index contributed by atoms with van der Waals surface area (Å²) in [5, 5.41) is 3.17. The van der Waals surface area contributed by atoms with Crippen LogP contribution in [0.3, 0.4) is 0 Å². The van der Waals surface area contributed by atoms with E-state index in [1.54, 1.807) is 0 Å². The molecule has 1 aliphatic heterocycles. The third-order valence-electron chi connectivity index (χ3n) is 4.25. The zero-order valence-electron chi connectivity index (χ0n) is 12.1. The van der Waals surface area contributed by atoms with Gasteiger partial charge in [0.1, 0.15) is 0 Å². The minimum Gasteiger partial charge on any atom is -0.371 e. The number of morpholine rings is 1. The fourth-order valence-electron chi connectivity index (χ4n) is 3.09. The topological polar surface area (TPSA) is 67.6 Å². The molecule has 2 aliphatic rings. The average Bonchev–Trinajstić information content (AvgIpc) is 2.89. The second-order valence-corrected chi connectivity index (χ2v) is 5.92. The molecule has 19 heavy (non-hydrogen) atoms. The van der Waals surface area contributed by atoms with E-state index in [1.165, 1.54) is 12.8 Å². The fourth-order valence-corrected chi connectivity index (χ4v) is 3.09. The number of carbonyl (C=O) groups excluding carboxylic acids is 1. The zero-order chi connectivity index (χ0) is 13.8. The van der Waals surface area contributed by atoms with Crippen LogP contribution in [-0.2, 0) is 9.53 Å². The number of nitrogens with zero attached hydrogens (tertiary/aromatic N) is 1. The summed E-state index contributed by atoms with van der Waals surface area (Å²) in [4.78, 5) is 14.5. The van der Waals surface area contributed by atoms with E-state index in [0.717, 1.165) is 25.9 Å². The van der Waals surface area contributed by atoms with E-state index in [0.29, 0.717) is 12.6 Å². The highest BCUT2D eigenvalue weighted by molar-refractivity contribution is 5.81. The van der Waals surface area contributed by atoms with Crippen LogP contribution in [0.1, 0.15) is 39.5 Å². The van der Waals surface area contributed by atoms with Crippen molar-refractivity contribution in [1.82, 2.24) is 10.2 Å². The molecule has 1 heterocycles. The monoisotopic (exact) mass is 269 g/mol. The molecule has 1 aliphatic carbocycles. The van der Waals surface area contributed by atoms with E-state index in [9.17, 15) is 4.79 Å². The van der Waals surface area contributed by atoms with Crippen molar-refractivity contribution in [2.45, 2.75) is 63.8 Å². The normalized spacial score (nSPS) is 31.3. The van der Waals surface area contributed by atoms with Gasteiger partial charge in [-0.3, -0.25) is 9.69 Å². The van der Waals surface area contributed by atoms with Gasteiger partial charge in [0.25, 0.3) is 0 Å². The number of rotatable bonds is 4. The third-order valence-corrected chi connectivity index (χ3v) is 4.25. The molecule has 1 amide bonds. The van der Waals surface area contributed by atoms with Crippen LogP contribution in [0.2, 0.25) is 0 Å². The Labute approximate surface area is 115 Å². The van der Waals surface area contributed by atoms with Crippen LogP contribution in [0.25, 0.3) is 0 Å².